The molecular formula is C15H20F3NO. The van der Waals surface area contributed by atoms with Crippen molar-refractivity contribution >= 4 is 0 Å². The van der Waals surface area contributed by atoms with Gasteiger partial charge in [-0.15, -0.1) is 0 Å². The minimum absolute atomic E-state index is 0.0723. The predicted octanol–water partition coefficient (Wildman–Crippen LogP) is 4.16. The van der Waals surface area contributed by atoms with E-state index in [0.717, 1.165) is 5.56 Å². The molecule has 1 saturated carbocycles. The Labute approximate surface area is 117 Å². The lowest BCUT2D eigenvalue weighted by atomic mass is 9.85. The molecule has 1 aromatic carbocycles. The van der Waals surface area contributed by atoms with Gasteiger partial charge in [0.15, 0.2) is 0 Å². The fourth-order valence-corrected chi connectivity index (χ4v) is 2.80. The lowest BCUT2D eigenvalue weighted by molar-refractivity contribution is -0.182. The molecule has 1 fully saturated rings. The zero-order chi connectivity index (χ0) is 14.8. The summed E-state index contributed by atoms with van der Waals surface area (Å²) in [7, 11) is 0. The van der Waals surface area contributed by atoms with Crippen LogP contribution in [0.4, 0.5) is 13.2 Å². The van der Waals surface area contributed by atoms with Crippen LogP contribution in [0.15, 0.2) is 24.3 Å². The Morgan fingerprint density at radius 3 is 2.15 bits per heavy atom. The van der Waals surface area contributed by atoms with E-state index in [1.165, 1.54) is 0 Å². The van der Waals surface area contributed by atoms with Crippen LogP contribution in [-0.4, -0.2) is 17.3 Å². The van der Waals surface area contributed by atoms with Crippen molar-refractivity contribution in [2.24, 2.45) is 5.92 Å². The molecule has 1 unspecified atom stereocenters. The first-order chi connectivity index (χ1) is 9.36. The van der Waals surface area contributed by atoms with E-state index in [9.17, 15) is 18.3 Å². The molecule has 2 N–H and O–H groups in total. The lowest BCUT2D eigenvalue weighted by Crippen LogP contribution is -2.38. The third kappa shape index (κ3) is 3.88. The van der Waals surface area contributed by atoms with Crippen LogP contribution in [0, 0.1) is 5.92 Å². The molecule has 0 heterocycles. The number of halogens is 3. The number of phenolic OH excluding ortho intramolecular Hbond substituents is 1. The molecule has 0 aromatic heterocycles. The summed E-state index contributed by atoms with van der Waals surface area (Å²) < 4.78 is 37.8. The van der Waals surface area contributed by atoms with Crippen LogP contribution < -0.4 is 5.32 Å². The molecule has 1 aliphatic rings. The highest BCUT2D eigenvalue weighted by atomic mass is 19.4. The Morgan fingerprint density at radius 2 is 1.65 bits per heavy atom. The summed E-state index contributed by atoms with van der Waals surface area (Å²) in [6.07, 6.45) is -2.50. The van der Waals surface area contributed by atoms with Gasteiger partial charge in [-0.2, -0.15) is 13.2 Å². The van der Waals surface area contributed by atoms with Crippen molar-refractivity contribution in [3.8, 4) is 5.75 Å². The van der Waals surface area contributed by atoms with Gasteiger partial charge in [0.05, 0.1) is 5.92 Å². The van der Waals surface area contributed by atoms with Gasteiger partial charge in [0.2, 0.25) is 0 Å². The van der Waals surface area contributed by atoms with E-state index < -0.39 is 12.1 Å². The highest BCUT2D eigenvalue weighted by Gasteiger charge is 2.41. The lowest BCUT2D eigenvalue weighted by Gasteiger charge is -2.32. The van der Waals surface area contributed by atoms with Crippen LogP contribution in [0.25, 0.3) is 0 Å². The van der Waals surface area contributed by atoms with Crippen LogP contribution in [0.1, 0.15) is 44.2 Å². The second kappa shape index (κ2) is 6.04. The maximum Gasteiger partial charge on any atom is 0.391 e. The Kier molecular flexibility index (Phi) is 4.58. The number of hydrogen-bond donors (Lipinski definition) is 2. The van der Waals surface area contributed by atoms with Gasteiger partial charge in [-0.3, -0.25) is 0 Å². The van der Waals surface area contributed by atoms with Crippen molar-refractivity contribution < 1.29 is 18.3 Å². The van der Waals surface area contributed by atoms with E-state index in [1.807, 2.05) is 19.1 Å². The van der Waals surface area contributed by atoms with Crippen LogP contribution in [0.3, 0.4) is 0 Å². The van der Waals surface area contributed by atoms with Gasteiger partial charge in [-0.25, -0.2) is 0 Å². The smallest absolute Gasteiger partial charge is 0.391 e. The summed E-state index contributed by atoms with van der Waals surface area (Å²) in [5, 5.41) is 12.6. The van der Waals surface area contributed by atoms with E-state index in [0.29, 0.717) is 12.8 Å². The SMILES string of the molecule is CC(NC1CCC(C(F)(F)F)CC1)c1ccc(O)cc1. The average Bonchev–Trinajstić information content (AvgIpc) is 2.39. The van der Waals surface area contributed by atoms with Gasteiger partial charge in [0.25, 0.3) is 0 Å². The molecule has 20 heavy (non-hydrogen) atoms. The Morgan fingerprint density at radius 1 is 1.10 bits per heavy atom. The van der Waals surface area contributed by atoms with Crippen molar-refractivity contribution in [3.05, 3.63) is 29.8 Å². The molecule has 0 saturated heterocycles. The number of aromatic hydroxyl groups is 1. The number of phenols is 1. The Balaban J connectivity index is 1.85. The van der Waals surface area contributed by atoms with Crippen LogP contribution in [0.2, 0.25) is 0 Å². The number of alkyl halides is 3. The summed E-state index contributed by atoms with van der Waals surface area (Å²) in [6, 6.07) is 7.10. The minimum atomic E-state index is -4.05. The normalized spacial score (nSPS) is 25.4. The van der Waals surface area contributed by atoms with Crippen molar-refractivity contribution in [2.75, 3.05) is 0 Å². The highest BCUT2D eigenvalue weighted by Crippen LogP contribution is 2.37. The van der Waals surface area contributed by atoms with E-state index in [2.05, 4.69) is 5.32 Å². The second-order valence-corrected chi connectivity index (χ2v) is 5.57. The summed E-state index contributed by atoms with van der Waals surface area (Å²) in [5.41, 5.74) is 1.03. The monoisotopic (exact) mass is 287 g/mol. The first-order valence-electron chi connectivity index (χ1n) is 6.98. The standard InChI is InChI=1S/C15H20F3NO/c1-10(11-2-8-14(20)9-3-11)19-13-6-4-12(5-7-13)15(16,17)18/h2-3,8-10,12-13,19-20H,4-7H2,1H3. The molecule has 5 heteroatoms. The van der Waals surface area contributed by atoms with Gasteiger partial charge >= 0.3 is 6.18 Å². The molecule has 1 atom stereocenters. The number of rotatable bonds is 3. The average molecular weight is 287 g/mol. The van der Waals surface area contributed by atoms with E-state index in [-0.39, 0.29) is 30.7 Å². The fourth-order valence-electron chi connectivity index (χ4n) is 2.80. The van der Waals surface area contributed by atoms with Gasteiger partial charge in [0.1, 0.15) is 5.75 Å². The zero-order valence-electron chi connectivity index (χ0n) is 11.5. The van der Waals surface area contributed by atoms with Crippen molar-refractivity contribution in [3.63, 3.8) is 0 Å². The second-order valence-electron chi connectivity index (χ2n) is 5.57. The highest BCUT2D eigenvalue weighted by molar-refractivity contribution is 5.27. The van der Waals surface area contributed by atoms with Crippen molar-refractivity contribution in [1.29, 1.82) is 0 Å². The van der Waals surface area contributed by atoms with Crippen LogP contribution in [0.5, 0.6) is 5.75 Å². The third-order valence-electron chi connectivity index (χ3n) is 4.07. The number of hydrogen-bond acceptors (Lipinski definition) is 2. The number of benzene rings is 1. The van der Waals surface area contributed by atoms with Gasteiger partial charge in [-0.1, -0.05) is 12.1 Å². The topological polar surface area (TPSA) is 32.3 Å². The van der Waals surface area contributed by atoms with Gasteiger partial charge < -0.3 is 10.4 Å². The quantitative estimate of drug-likeness (QED) is 0.874. The minimum Gasteiger partial charge on any atom is -0.508 e. The molecule has 0 aliphatic heterocycles. The maximum atomic E-state index is 12.6. The molecule has 0 spiro atoms. The van der Waals surface area contributed by atoms with Crippen LogP contribution >= 0.6 is 0 Å². The molecule has 1 aromatic rings. The van der Waals surface area contributed by atoms with E-state index >= 15 is 0 Å². The fraction of sp³-hybridized carbons (Fsp3) is 0.600. The van der Waals surface area contributed by atoms with E-state index in [1.54, 1.807) is 12.1 Å². The molecule has 2 nitrogen and oxygen atoms in total. The summed E-state index contributed by atoms with van der Waals surface area (Å²) in [6.45, 7) is 1.99. The molecule has 1 aliphatic carbocycles. The summed E-state index contributed by atoms with van der Waals surface area (Å²) in [4.78, 5) is 0. The molecule has 2 rings (SSSR count). The third-order valence-corrected chi connectivity index (χ3v) is 4.07. The molecule has 112 valence electrons. The predicted molar refractivity (Wildman–Crippen MR) is 71.5 cm³/mol. The molecule has 0 bridgehead atoms. The molecule has 0 amide bonds. The largest absolute Gasteiger partial charge is 0.508 e. The summed E-state index contributed by atoms with van der Waals surface area (Å²) >= 11 is 0. The van der Waals surface area contributed by atoms with Gasteiger partial charge in [0, 0.05) is 12.1 Å². The van der Waals surface area contributed by atoms with E-state index in [4.69, 9.17) is 0 Å². The maximum absolute atomic E-state index is 12.6. The van der Waals surface area contributed by atoms with Crippen molar-refractivity contribution in [1.82, 2.24) is 5.32 Å². The molecule has 0 radical (unpaired) electrons. The zero-order valence-corrected chi connectivity index (χ0v) is 11.5. The van der Waals surface area contributed by atoms with Gasteiger partial charge in [-0.05, 0) is 50.3 Å². The van der Waals surface area contributed by atoms with Crippen molar-refractivity contribution in [2.45, 2.75) is 50.9 Å². The molecular weight excluding hydrogens is 267 g/mol. The Bertz CT molecular complexity index is 422. The summed E-state index contributed by atoms with van der Waals surface area (Å²) in [5.74, 6) is -0.920. The van der Waals surface area contributed by atoms with Crippen LogP contribution in [-0.2, 0) is 0 Å². The first kappa shape index (κ1) is 15.2. The number of nitrogens with one attached hydrogen (secondary N) is 1. The Hall–Kier alpha value is -1.23. The first-order valence-corrected chi connectivity index (χ1v) is 6.98.